The summed E-state index contributed by atoms with van der Waals surface area (Å²) < 4.78 is 6.23. The molecule has 0 N–H and O–H groups in total. The van der Waals surface area contributed by atoms with Crippen molar-refractivity contribution in [1.29, 1.82) is 0 Å². The monoisotopic (exact) mass is 790 g/mol. The van der Waals surface area contributed by atoms with Crippen LogP contribution in [0.2, 0.25) is 0 Å². The molecule has 0 bridgehead atoms. The van der Waals surface area contributed by atoms with E-state index in [2.05, 4.69) is 212 Å². The second kappa shape index (κ2) is 14.5. The molecule has 0 saturated heterocycles. The zero-order chi connectivity index (χ0) is 41.0. The van der Waals surface area contributed by atoms with Crippen LogP contribution in [-0.2, 0) is 5.41 Å². The van der Waals surface area contributed by atoms with Gasteiger partial charge in [0, 0.05) is 27.5 Å². The van der Waals surface area contributed by atoms with Gasteiger partial charge in [0.15, 0.2) is 5.82 Å². The van der Waals surface area contributed by atoms with E-state index in [4.69, 9.17) is 14.4 Å². The SMILES string of the molecule is c1ccc(-c2cc(-c3ccc4oc5ccccc5c4c3)cc(-c3cc(-c4ccc5c(c4)C(c4ccccc4)(c4ccccc4)c4ccccc4-5)nc(-c4ccccc4)n3)c2)cc1. The Kier molecular flexibility index (Phi) is 8.39. The summed E-state index contributed by atoms with van der Waals surface area (Å²) in [5.41, 5.74) is 17.9. The van der Waals surface area contributed by atoms with Crippen LogP contribution in [0.4, 0.5) is 0 Å². The lowest BCUT2D eigenvalue weighted by Gasteiger charge is -2.34. The molecule has 2 aromatic heterocycles. The second-order valence-electron chi connectivity index (χ2n) is 16.1. The van der Waals surface area contributed by atoms with Crippen LogP contribution in [0.3, 0.4) is 0 Å². The maximum atomic E-state index is 6.23. The minimum Gasteiger partial charge on any atom is -0.456 e. The van der Waals surface area contributed by atoms with Crippen LogP contribution in [0.25, 0.3) is 89.2 Å². The molecule has 0 unspecified atom stereocenters. The van der Waals surface area contributed by atoms with E-state index in [1.165, 1.54) is 33.4 Å². The quantitative estimate of drug-likeness (QED) is 0.161. The van der Waals surface area contributed by atoms with Gasteiger partial charge in [-0.15, -0.1) is 0 Å². The van der Waals surface area contributed by atoms with E-state index in [-0.39, 0.29) is 0 Å². The first-order valence-electron chi connectivity index (χ1n) is 21.1. The lowest BCUT2D eigenvalue weighted by atomic mass is 9.67. The van der Waals surface area contributed by atoms with Crippen molar-refractivity contribution in [2.24, 2.45) is 0 Å². The molecule has 9 aromatic carbocycles. The van der Waals surface area contributed by atoms with Gasteiger partial charge in [-0.1, -0.05) is 182 Å². The molecule has 11 aromatic rings. The molecule has 62 heavy (non-hydrogen) atoms. The molecule has 0 spiro atoms. The molecular weight excluding hydrogens is 753 g/mol. The molecule has 0 atom stereocenters. The van der Waals surface area contributed by atoms with Crippen molar-refractivity contribution in [2.75, 3.05) is 0 Å². The summed E-state index contributed by atoms with van der Waals surface area (Å²) in [7, 11) is 0. The Labute approximate surface area is 360 Å². The lowest BCUT2D eigenvalue weighted by molar-refractivity contribution is 0.669. The fourth-order valence-corrected chi connectivity index (χ4v) is 9.71. The average Bonchev–Trinajstić information content (AvgIpc) is 3.88. The standard InChI is InChI=1S/C59H38N2O/c1-5-17-39(18-6-1)43-33-44(41-30-32-57-51(36-41)50-26-14-16-28-56(50)62-57)35-45(34-43)55-38-54(60-58(61-55)40-19-7-2-8-20-40)42-29-31-49-48-25-13-15-27-52(48)59(53(49)37-42,46-21-9-3-10-22-46)47-23-11-4-12-24-47/h1-38H. The number of benzene rings is 9. The fraction of sp³-hybridized carbons (Fsp3) is 0.0169. The minimum absolute atomic E-state index is 0.525. The van der Waals surface area contributed by atoms with Crippen LogP contribution in [-0.4, -0.2) is 9.97 Å². The smallest absolute Gasteiger partial charge is 0.160 e. The third-order valence-corrected chi connectivity index (χ3v) is 12.6. The third-order valence-electron chi connectivity index (χ3n) is 12.6. The Morgan fingerprint density at radius 2 is 0.839 bits per heavy atom. The maximum absolute atomic E-state index is 6.23. The van der Waals surface area contributed by atoms with E-state index in [1.54, 1.807) is 0 Å². The predicted molar refractivity (Wildman–Crippen MR) is 254 cm³/mol. The predicted octanol–water partition coefficient (Wildman–Crippen LogP) is 15.1. The lowest BCUT2D eigenvalue weighted by Crippen LogP contribution is -2.28. The van der Waals surface area contributed by atoms with Crippen molar-refractivity contribution in [3.05, 3.63) is 253 Å². The number of hydrogen-bond donors (Lipinski definition) is 0. The fourth-order valence-electron chi connectivity index (χ4n) is 9.71. The molecule has 1 aliphatic carbocycles. The van der Waals surface area contributed by atoms with E-state index in [1.807, 2.05) is 18.2 Å². The Hall–Kier alpha value is -8.14. The topological polar surface area (TPSA) is 38.9 Å². The van der Waals surface area contributed by atoms with E-state index < -0.39 is 5.41 Å². The molecule has 0 radical (unpaired) electrons. The Bertz CT molecular complexity index is 3410. The Morgan fingerprint density at radius 1 is 0.306 bits per heavy atom. The van der Waals surface area contributed by atoms with Crippen molar-refractivity contribution in [1.82, 2.24) is 9.97 Å². The minimum atomic E-state index is -0.525. The molecule has 3 nitrogen and oxygen atoms in total. The molecule has 3 heteroatoms. The number of rotatable bonds is 7. The van der Waals surface area contributed by atoms with Crippen molar-refractivity contribution < 1.29 is 4.42 Å². The maximum Gasteiger partial charge on any atom is 0.160 e. The first-order valence-corrected chi connectivity index (χ1v) is 21.1. The van der Waals surface area contributed by atoms with Crippen LogP contribution < -0.4 is 0 Å². The summed E-state index contributed by atoms with van der Waals surface area (Å²) in [6.07, 6.45) is 0. The highest BCUT2D eigenvalue weighted by atomic mass is 16.3. The Balaban J connectivity index is 1.08. The van der Waals surface area contributed by atoms with E-state index in [0.29, 0.717) is 5.82 Å². The molecule has 0 aliphatic heterocycles. The van der Waals surface area contributed by atoms with Crippen molar-refractivity contribution in [3.63, 3.8) is 0 Å². The van der Waals surface area contributed by atoms with Crippen LogP contribution in [0.15, 0.2) is 235 Å². The highest BCUT2D eigenvalue weighted by Crippen LogP contribution is 2.56. The first kappa shape index (κ1) is 35.8. The van der Waals surface area contributed by atoms with E-state index >= 15 is 0 Å². The molecule has 0 fully saturated rings. The van der Waals surface area contributed by atoms with Gasteiger partial charge >= 0.3 is 0 Å². The van der Waals surface area contributed by atoms with Gasteiger partial charge in [-0.3, -0.25) is 0 Å². The zero-order valence-electron chi connectivity index (χ0n) is 33.7. The van der Waals surface area contributed by atoms with Gasteiger partial charge in [0.25, 0.3) is 0 Å². The zero-order valence-corrected chi connectivity index (χ0v) is 33.7. The summed E-state index contributed by atoms with van der Waals surface area (Å²) in [6.45, 7) is 0. The summed E-state index contributed by atoms with van der Waals surface area (Å²) in [5.74, 6) is 0.678. The van der Waals surface area contributed by atoms with Gasteiger partial charge in [-0.2, -0.15) is 0 Å². The molecule has 12 rings (SSSR count). The number of para-hydroxylation sites is 1. The summed E-state index contributed by atoms with van der Waals surface area (Å²) >= 11 is 0. The van der Waals surface area contributed by atoms with Gasteiger partial charge in [0.1, 0.15) is 11.2 Å². The van der Waals surface area contributed by atoms with Crippen LogP contribution in [0.5, 0.6) is 0 Å². The molecule has 1 aliphatic rings. The first-order chi connectivity index (χ1) is 30.7. The number of hydrogen-bond acceptors (Lipinski definition) is 3. The van der Waals surface area contributed by atoms with Gasteiger partial charge in [0.05, 0.1) is 16.8 Å². The van der Waals surface area contributed by atoms with E-state index in [9.17, 15) is 0 Å². The number of aromatic nitrogens is 2. The third kappa shape index (κ3) is 5.82. The Morgan fingerprint density at radius 3 is 1.56 bits per heavy atom. The number of nitrogens with zero attached hydrogens (tertiary/aromatic N) is 2. The van der Waals surface area contributed by atoms with Gasteiger partial charge < -0.3 is 4.42 Å². The van der Waals surface area contributed by atoms with Gasteiger partial charge in [-0.25, -0.2) is 9.97 Å². The van der Waals surface area contributed by atoms with Gasteiger partial charge in [0.2, 0.25) is 0 Å². The van der Waals surface area contributed by atoms with Crippen LogP contribution in [0.1, 0.15) is 22.3 Å². The average molecular weight is 791 g/mol. The summed E-state index contributed by atoms with van der Waals surface area (Å²) in [4.78, 5) is 10.7. The number of furan rings is 1. The molecule has 290 valence electrons. The molecular formula is C59H38N2O. The van der Waals surface area contributed by atoms with Gasteiger partial charge in [-0.05, 0) is 104 Å². The van der Waals surface area contributed by atoms with Crippen molar-refractivity contribution in [3.8, 4) is 67.3 Å². The highest BCUT2D eigenvalue weighted by molar-refractivity contribution is 6.06. The van der Waals surface area contributed by atoms with Crippen molar-refractivity contribution in [2.45, 2.75) is 5.41 Å². The van der Waals surface area contributed by atoms with Crippen LogP contribution in [0, 0.1) is 0 Å². The van der Waals surface area contributed by atoms with E-state index in [0.717, 1.165) is 72.3 Å². The normalized spacial score (nSPS) is 12.6. The van der Waals surface area contributed by atoms with Crippen molar-refractivity contribution >= 4 is 21.9 Å². The highest BCUT2D eigenvalue weighted by Gasteiger charge is 2.46. The summed E-state index contributed by atoms with van der Waals surface area (Å²) in [6, 6.07) is 82.4. The molecule has 0 saturated carbocycles. The molecule has 0 amide bonds. The molecule has 2 heterocycles. The second-order valence-corrected chi connectivity index (χ2v) is 16.1. The number of fused-ring (bicyclic) bond motifs is 6. The summed E-state index contributed by atoms with van der Waals surface area (Å²) in [5, 5.41) is 2.21. The van der Waals surface area contributed by atoms with Crippen LogP contribution >= 0.6 is 0 Å². The largest absolute Gasteiger partial charge is 0.456 e.